The van der Waals surface area contributed by atoms with E-state index in [0.29, 0.717) is 18.7 Å². The molecule has 0 radical (unpaired) electrons. The molecule has 0 spiro atoms. The first kappa shape index (κ1) is 26.3. The molecule has 12 heteroatoms. The average Bonchev–Trinajstić information content (AvgIpc) is 2.73. The van der Waals surface area contributed by atoms with Gasteiger partial charge in [-0.15, -0.1) is 0 Å². The number of para-hydroxylation sites is 1. The number of carbonyl (C=O) groups is 2. The van der Waals surface area contributed by atoms with Crippen molar-refractivity contribution in [1.29, 1.82) is 0 Å². The average molecular weight is 498 g/mol. The number of ether oxygens (including phenoxy) is 1. The summed E-state index contributed by atoms with van der Waals surface area (Å²) in [5, 5.41) is 2.51. The first-order valence-corrected chi connectivity index (χ1v) is 13.4. The third-order valence-corrected chi connectivity index (χ3v) is 7.35. The van der Waals surface area contributed by atoms with Gasteiger partial charge in [-0.3, -0.25) is 9.52 Å². The van der Waals surface area contributed by atoms with Gasteiger partial charge >= 0.3 is 5.97 Å². The number of aryl methyl sites for hydroxylation is 1. The van der Waals surface area contributed by atoms with E-state index in [0.717, 1.165) is 6.26 Å². The van der Waals surface area contributed by atoms with E-state index in [2.05, 4.69) is 10.0 Å². The third kappa shape index (κ3) is 7.01. The van der Waals surface area contributed by atoms with Crippen LogP contribution in [0.3, 0.4) is 0 Å². The zero-order chi connectivity index (χ0) is 24.8. The fraction of sp³-hybridized carbons (Fsp3) is 0.333. The van der Waals surface area contributed by atoms with Gasteiger partial charge in [0.25, 0.3) is 5.91 Å². The number of hydrogen-bond donors (Lipinski definition) is 2. The molecule has 0 aliphatic rings. The first-order valence-electron chi connectivity index (χ1n) is 10.0. The summed E-state index contributed by atoms with van der Waals surface area (Å²) in [6.45, 7) is 5.09. The van der Waals surface area contributed by atoms with Crippen LogP contribution in [0.4, 0.5) is 11.4 Å². The molecule has 0 fully saturated rings. The van der Waals surface area contributed by atoms with Crippen molar-refractivity contribution in [2.45, 2.75) is 25.7 Å². The van der Waals surface area contributed by atoms with Crippen LogP contribution in [0, 0.1) is 6.92 Å². The number of anilines is 2. The molecule has 2 aromatic rings. The number of sulfonamides is 2. The largest absolute Gasteiger partial charge is 0.452 e. The van der Waals surface area contributed by atoms with Crippen molar-refractivity contribution in [3.05, 3.63) is 53.6 Å². The Bertz CT molecular complexity index is 1240. The lowest BCUT2D eigenvalue weighted by Crippen LogP contribution is -2.31. The van der Waals surface area contributed by atoms with Crippen molar-refractivity contribution in [3.63, 3.8) is 0 Å². The van der Waals surface area contributed by atoms with Crippen molar-refractivity contribution in [2.24, 2.45) is 0 Å². The summed E-state index contributed by atoms with van der Waals surface area (Å²) < 4.78 is 57.2. The Balaban J connectivity index is 2.12. The highest BCUT2D eigenvalue weighted by Gasteiger charge is 2.24. The number of amides is 1. The minimum absolute atomic E-state index is 0.0233. The highest BCUT2D eigenvalue weighted by molar-refractivity contribution is 7.92. The van der Waals surface area contributed by atoms with Gasteiger partial charge in [0.05, 0.1) is 22.4 Å². The molecule has 33 heavy (non-hydrogen) atoms. The second-order valence-electron chi connectivity index (χ2n) is 7.11. The van der Waals surface area contributed by atoms with Gasteiger partial charge in [0.1, 0.15) is 0 Å². The highest BCUT2D eigenvalue weighted by Crippen LogP contribution is 2.24. The molecule has 0 aromatic heterocycles. The second kappa shape index (κ2) is 10.8. The summed E-state index contributed by atoms with van der Waals surface area (Å²) in [6.07, 6.45) is 0.943. The monoisotopic (exact) mass is 497 g/mol. The lowest BCUT2D eigenvalue weighted by atomic mass is 10.2. The number of nitrogens with zero attached hydrogens (tertiary/aromatic N) is 1. The normalized spacial score (nSPS) is 11.8. The van der Waals surface area contributed by atoms with Crippen LogP contribution in [-0.4, -0.2) is 59.0 Å². The van der Waals surface area contributed by atoms with Crippen LogP contribution in [0.15, 0.2) is 47.4 Å². The van der Waals surface area contributed by atoms with E-state index in [9.17, 15) is 26.4 Å². The van der Waals surface area contributed by atoms with Gasteiger partial charge in [-0.25, -0.2) is 21.6 Å². The smallest absolute Gasteiger partial charge is 0.340 e. The summed E-state index contributed by atoms with van der Waals surface area (Å²) in [6, 6.07) is 10.3. The number of nitrogens with one attached hydrogen (secondary N) is 2. The molecule has 0 aliphatic heterocycles. The van der Waals surface area contributed by atoms with Gasteiger partial charge in [-0.05, 0) is 36.8 Å². The van der Waals surface area contributed by atoms with E-state index in [-0.39, 0.29) is 21.8 Å². The molecule has 0 bridgehead atoms. The van der Waals surface area contributed by atoms with E-state index >= 15 is 0 Å². The molecule has 2 aromatic carbocycles. The predicted octanol–water partition coefficient (Wildman–Crippen LogP) is 2.19. The molecule has 0 heterocycles. The number of benzene rings is 2. The third-order valence-electron chi connectivity index (χ3n) is 4.57. The van der Waals surface area contributed by atoms with E-state index < -0.39 is 38.5 Å². The van der Waals surface area contributed by atoms with Crippen LogP contribution in [0.25, 0.3) is 0 Å². The molecular formula is C21H27N3O7S2. The standard InChI is InChI=1S/C21H27N3O7S2/c1-5-24(6-2)33(29,30)19-13-16(12-11-15(19)3)22-20(25)14-31-21(26)17-9-7-8-10-18(17)23-32(4,27)28/h7-13,23H,5-6,14H2,1-4H3,(H,22,25). The van der Waals surface area contributed by atoms with E-state index in [1.165, 1.54) is 34.6 Å². The van der Waals surface area contributed by atoms with E-state index in [1.54, 1.807) is 32.9 Å². The van der Waals surface area contributed by atoms with Crippen LogP contribution < -0.4 is 10.0 Å². The first-order chi connectivity index (χ1) is 15.4. The minimum atomic E-state index is -3.73. The maximum Gasteiger partial charge on any atom is 0.340 e. The van der Waals surface area contributed by atoms with Gasteiger partial charge < -0.3 is 10.1 Å². The number of hydrogen-bond acceptors (Lipinski definition) is 7. The summed E-state index contributed by atoms with van der Waals surface area (Å²) in [5.74, 6) is -1.59. The molecule has 0 saturated carbocycles. The number of rotatable bonds is 10. The lowest BCUT2D eigenvalue weighted by Gasteiger charge is -2.20. The topological polar surface area (TPSA) is 139 Å². The molecule has 180 valence electrons. The quantitative estimate of drug-likeness (QED) is 0.480. The molecule has 2 N–H and O–H groups in total. The maximum absolute atomic E-state index is 12.9. The Labute approximate surface area is 194 Å². The van der Waals surface area contributed by atoms with Crippen molar-refractivity contribution in [3.8, 4) is 0 Å². The Morgan fingerprint density at radius 1 is 1.00 bits per heavy atom. The van der Waals surface area contributed by atoms with Crippen molar-refractivity contribution in [2.75, 3.05) is 36.0 Å². The van der Waals surface area contributed by atoms with Gasteiger partial charge in [-0.1, -0.05) is 32.0 Å². The van der Waals surface area contributed by atoms with Crippen LogP contribution >= 0.6 is 0 Å². The minimum Gasteiger partial charge on any atom is -0.452 e. The molecule has 10 nitrogen and oxygen atoms in total. The molecule has 0 unspecified atom stereocenters. The molecule has 0 atom stereocenters. The van der Waals surface area contributed by atoms with E-state index in [1.807, 2.05) is 0 Å². The second-order valence-corrected chi connectivity index (χ2v) is 10.8. The SMILES string of the molecule is CCN(CC)S(=O)(=O)c1cc(NC(=O)COC(=O)c2ccccc2NS(C)(=O)=O)ccc1C. The fourth-order valence-corrected chi connectivity index (χ4v) is 5.30. The predicted molar refractivity (Wildman–Crippen MR) is 125 cm³/mol. The summed E-state index contributed by atoms with van der Waals surface area (Å²) in [5.41, 5.74) is 0.724. The number of esters is 1. The van der Waals surface area contributed by atoms with Gasteiger partial charge in [0.2, 0.25) is 20.0 Å². The van der Waals surface area contributed by atoms with Crippen molar-refractivity contribution >= 4 is 43.3 Å². The van der Waals surface area contributed by atoms with E-state index in [4.69, 9.17) is 4.74 Å². The lowest BCUT2D eigenvalue weighted by molar-refractivity contribution is -0.119. The molecule has 0 aliphatic carbocycles. The van der Waals surface area contributed by atoms with Crippen LogP contribution in [-0.2, 0) is 29.6 Å². The van der Waals surface area contributed by atoms with Crippen LogP contribution in [0.2, 0.25) is 0 Å². The molecule has 0 saturated heterocycles. The summed E-state index contributed by atoms with van der Waals surface area (Å²) in [4.78, 5) is 24.7. The fourth-order valence-electron chi connectivity index (χ4n) is 3.01. The molecule has 1 amide bonds. The van der Waals surface area contributed by atoms with Gasteiger partial charge in [0.15, 0.2) is 6.61 Å². The maximum atomic E-state index is 12.9. The Hall–Kier alpha value is -2.96. The Morgan fingerprint density at radius 2 is 1.64 bits per heavy atom. The zero-order valence-electron chi connectivity index (χ0n) is 18.8. The Morgan fingerprint density at radius 3 is 2.24 bits per heavy atom. The molecular weight excluding hydrogens is 470 g/mol. The summed E-state index contributed by atoms with van der Waals surface area (Å²) >= 11 is 0. The van der Waals surface area contributed by atoms with Crippen molar-refractivity contribution < 1.29 is 31.2 Å². The number of carbonyl (C=O) groups excluding carboxylic acids is 2. The highest BCUT2D eigenvalue weighted by atomic mass is 32.2. The van der Waals surface area contributed by atoms with Gasteiger partial charge in [-0.2, -0.15) is 4.31 Å². The van der Waals surface area contributed by atoms with Crippen LogP contribution in [0.5, 0.6) is 0 Å². The van der Waals surface area contributed by atoms with Crippen molar-refractivity contribution in [1.82, 2.24) is 4.31 Å². The van der Waals surface area contributed by atoms with Crippen LogP contribution in [0.1, 0.15) is 29.8 Å². The summed E-state index contributed by atoms with van der Waals surface area (Å²) in [7, 11) is -7.36. The molecule has 2 rings (SSSR count). The van der Waals surface area contributed by atoms with Gasteiger partial charge in [0, 0.05) is 18.8 Å². The zero-order valence-corrected chi connectivity index (χ0v) is 20.4. The Kier molecular flexibility index (Phi) is 8.58.